The number of benzene rings is 1. The molecule has 0 spiro atoms. The molecule has 1 atom stereocenters. The van der Waals surface area contributed by atoms with Crippen molar-refractivity contribution in [1.82, 2.24) is 5.32 Å². The van der Waals surface area contributed by atoms with Crippen LogP contribution in [0, 0.1) is 0 Å². The minimum atomic E-state index is -3.09. The van der Waals surface area contributed by atoms with E-state index in [-0.39, 0.29) is 6.04 Å². The van der Waals surface area contributed by atoms with Crippen molar-refractivity contribution in [3.8, 4) is 5.75 Å². The first kappa shape index (κ1) is 17.0. The van der Waals surface area contributed by atoms with E-state index in [1.165, 1.54) is 6.26 Å². The lowest BCUT2D eigenvalue weighted by Crippen LogP contribution is -2.42. The fourth-order valence-electron chi connectivity index (χ4n) is 1.77. The van der Waals surface area contributed by atoms with Gasteiger partial charge in [0.15, 0.2) is 9.84 Å². The third-order valence-electron chi connectivity index (χ3n) is 3.52. The Hall–Kier alpha value is -1.07. The van der Waals surface area contributed by atoms with Crippen molar-refractivity contribution in [1.29, 1.82) is 0 Å². The van der Waals surface area contributed by atoms with E-state index in [2.05, 4.69) is 5.32 Å². The summed E-state index contributed by atoms with van der Waals surface area (Å²) in [7, 11) is -3.09. The van der Waals surface area contributed by atoms with Gasteiger partial charge in [-0.25, -0.2) is 8.42 Å². The van der Waals surface area contributed by atoms with Gasteiger partial charge in [0, 0.05) is 24.4 Å². The van der Waals surface area contributed by atoms with Crippen molar-refractivity contribution in [2.24, 2.45) is 0 Å². The van der Waals surface area contributed by atoms with Gasteiger partial charge in [-0.2, -0.15) is 0 Å². The van der Waals surface area contributed by atoms with E-state index in [1.54, 1.807) is 13.8 Å². The van der Waals surface area contributed by atoms with Crippen LogP contribution in [0.15, 0.2) is 24.3 Å². The Balaban J connectivity index is 2.80. The van der Waals surface area contributed by atoms with Crippen LogP contribution >= 0.6 is 0 Å². The Kier molecular flexibility index (Phi) is 5.59. The van der Waals surface area contributed by atoms with Gasteiger partial charge in [0.2, 0.25) is 0 Å². The van der Waals surface area contributed by atoms with Gasteiger partial charge in [-0.1, -0.05) is 18.2 Å². The fraction of sp³-hybridized carbons (Fsp3) is 0.600. The Morgan fingerprint density at radius 1 is 1.30 bits per heavy atom. The lowest BCUT2D eigenvalue weighted by molar-refractivity contribution is 0.332. The van der Waals surface area contributed by atoms with Crippen LogP contribution in [0.2, 0.25) is 0 Å². The quantitative estimate of drug-likeness (QED) is 0.840. The van der Waals surface area contributed by atoms with E-state index in [1.807, 2.05) is 38.1 Å². The Morgan fingerprint density at radius 2 is 1.90 bits per heavy atom. The molecule has 0 radical (unpaired) electrons. The first-order valence-corrected chi connectivity index (χ1v) is 8.73. The zero-order valence-corrected chi connectivity index (χ0v) is 13.8. The number of hydrogen-bond acceptors (Lipinski definition) is 4. The molecule has 1 aromatic rings. The maximum Gasteiger partial charge on any atom is 0.153 e. The molecule has 1 N–H and O–H groups in total. The topological polar surface area (TPSA) is 55.4 Å². The molecule has 1 unspecified atom stereocenters. The minimum Gasteiger partial charge on any atom is -0.494 e. The molecule has 4 nitrogen and oxygen atoms in total. The molecule has 0 saturated heterocycles. The molecular formula is C15H25NO3S. The second-order valence-electron chi connectivity index (χ2n) is 5.61. The molecule has 1 rings (SSSR count). The summed E-state index contributed by atoms with van der Waals surface area (Å²) in [6.45, 7) is 8.43. The number of rotatable bonds is 7. The highest BCUT2D eigenvalue weighted by Crippen LogP contribution is 2.25. The second kappa shape index (κ2) is 6.59. The third kappa shape index (κ3) is 4.21. The largest absolute Gasteiger partial charge is 0.494 e. The minimum absolute atomic E-state index is 0.0266. The van der Waals surface area contributed by atoms with Gasteiger partial charge >= 0.3 is 0 Å². The first-order chi connectivity index (χ1) is 9.19. The molecule has 0 saturated carbocycles. The van der Waals surface area contributed by atoms with Crippen LogP contribution in [-0.4, -0.2) is 32.6 Å². The highest BCUT2D eigenvalue weighted by Gasteiger charge is 2.30. The molecule has 0 bridgehead atoms. The molecule has 0 fully saturated rings. The maximum absolute atomic E-state index is 11.7. The Labute approximate surface area is 122 Å². The highest BCUT2D eigenvalue weighted by molar-refractivity contribution is 7.92. The van der Waals surface area contributed by atoms with Gasteiger partial charge in [-0.05, 0) is 33.8 Å². The van der Waals surface area contributed by atoms with Crippen molar-refractivity contribution in [3.63, 3.8) is 0 Å². The average Bonchev–Trinajstić information content (AvgIpc) is 2.36. The SMILES string of the molecule is CCOc1ccccc1C(C)NCC(C)(C)S(C)(=O)=O. The smallest absolute Gasteiger partial charge is 0.153 e. The number of hydrogen-bond donors (Lipinski definition) is 1. The summed E-state index contributed by atoms with van der Waals surface area (Å²) < 4.78 is 28.2. The number of nitrogens with one attached hydrogen (secondary N) is 1. The molecule has 5 heteroatoms. The second-order valence-corrected chi connectivity index (χ2v) is 8.25. The normalized spacial score (nSPS) is 14.1. The summed E-state index contributed by atoms with van der Waals surface area (Å²) in [5, 5.41) is 3.29. The first-order valence-electron chi connectivity index (χ1n) is 6.83. The van der Waals surface area contributed by atoms with Crippen molar-refractivity contribution in [2.45, 2.75) is 38.5 Å². The maximum atomic E-state index is 11.7. The van der Waals surface area contributed by atoms with Gasteiger partial charge in [-0.3, -0.25) is 0 Å². The monoisotopic (exact) mass is 299 g/mol. The molecule has 0 amide bonds. The molecule has 0 aliphatic heterocycles. The molecule has 0 heterocycles. The van der Waals surface area contributed by atoms with Crippen molar-refractivity contribution < 1.29 is 13.2 Å². The highest BCUT2D eigenvalue weighted by atomic mass is 32.2. The summed E-state index contributed by atoms with van der Waals surface area (Å²) in [6.07, 6.45) is 1.27. The zero-order chi connectivity index (χ0) is 15.4. The molecule has 114 valence electrons. The Bertz CT molecular complexity index is 538. The van der Waals surface area contributed by atoms with Gasteiger partial charge < -0.3 is 10.1 Å². The van der Waals surface area contributed by atoms with Gasteiger partial charge in [0.25, 0.3) is 0 Å². The van der Waals surface area contributed by atoms with Gasteiger partial charge in [0.05, 0.1) is 11.4 Å². The van der Waals surface area contributed by atoms with E-state index in [0.717, 1.165) is 11.3 Å². The van der Waals surface area contributed by atoms with Crippen molar-refractivity contribution in [2.75, 3.05) is 19.4 Å². The molecule has 1 aromatic carbocycles. The molecule has 0 aliphatic carbocycles. The van der Waals surface area contributed by atoms with E-state index in [0.29, 0.717) is 13.2 Å². The van der Waals surface area contributed by atoms with E-state index in [9.17, 15) is 8.42 Å². The fourth-order valence-corrected chi connectivity index (χ4v) is 2.11. The van der Waals surface area contributed by atoms with Crippen LogP contribution in [-0.2, 0) is 9.84 Å². The van der Waals surface area contributed by atoms with Crippen LogP contribution in [0.5, 0.6) is 5.75 Å². The van der Waals surface area contributed by atoms with Gasteiger partial charge in [0.1, 0.15) is 5.75 Å². The third-order valence-corrected chi connectivity index (χ3v) is 5.67. The van der Waals surface area contributed by atoms with E-state index in [4.69, 9.17) is 4.74 Å². The van der Waals surface area contributed by atoms with Crippen LogP contribution < -0.4 is 10.1 Å². The summed E-state index contributed by atoms with van der Waals surface area (Å²) in [5.41, 5.74) is 1.04. The van der Waals surface area contributed by atoms with Crippen LogP contribution in [0.4, 0.5) is 0 Å². The summed E-state index contributed by atoms with van der Waals surface area (Å²) in [6, 6.07) is 7.84. The number of para-hydroxylation sites is 1. The van der Waals surface area contributed by atoms with Crippen LogP contribution in [0.25, 0.3) is 0 Å². The summed E-state index contributed by atoms with van der Waals surface area (Å²) in [5.74, 6) is 0.840. The van der Waals surface area contributed by atoms with E-state index >= 15 is 0 Å². The zero-order valence-electron chi connectivity index (χ0n) is 12.9. The van der Waals surface area contributed by atoms with Crippen LogP contribution in [0.1, 0.15) is 39.3 Å². The lowest BCUT2D eigenvalue weighted by Gasteiger charge is -2.26. The van der Waals surface area contributed by atoms with E-state index < -0.39 is 14.6 Å². The predicted molar refractivity (Wildman–Crippen MR) is 83.0 cm³/mol. The number of sulfone groups is 1. The summed E-state index contributed by atoms with van der Waals surface area (Å²) >= 11 is 0. The predicted octanol–water partition coefficient (Wildman–Crippen LogP) is 2.56. The van der Waals surface area contributed by atoms with Gasteiger partial charge in [-0.15, -0.1) is 0 Å². The lowest BCUT2D eigenvalue weighted by atomic mass is 10.1. The average molecular weight is 299 g/mol. The number of ether oxygens (including phenoxy) is 1. The summed E-state index contributed by atoms with van der Waals surface area (Å²) in [4.78, 5) is 0. The Morgan fingerprint density at radius 3 is 2.45 bits per heavy atom. The van der Waals surface area contributed by atoms with Crippen LogP contribution in [0.3, 0.4) is 0 Å². The molecule has 0 aliphatic rings. The molecule has 0 aromatic heterocycles. The molecule has 20 heavy (non-hydrogen) atoms. The molecular weight excluding hydrogens is 274 g/mol. The van der Waals surface area contributed by atoms with Crippen molar-refractivity contribution in [3.05, 3.63) is 29.8 Å². The van der Waals surface area contributed by atoms with Crippen molar-refractivity contribution >= 4 is 9.84 Å². The standard InChI is InChI=1S/C15H25NO3S/c1-6-19-14-10-8-7-9-13(14)12(2)16-11-15(3,4)20(5,17)18/h7-10,12,16H,6,11H2,1-5H3.